The number of sulfonamides is 1. The number of likely N-dealkylation sites (tertiary alicyclic amines) is 1. The predicted molar refractivity (Wildman–Crippen MR) is 105 cm³/mol. The van der Waals surface area contributed by atoms with Gasteiger partial charge in [-0.1, -0.05) is 6.92 Å². The molecule has 178 valence electrons. The number of carboxylic acid groups (broad SMARTS) is 1. The summed E-state index contributed by atoms with van der Waals surface area (Å²) in [5.41, 5.74) is 1.27. The zero-order valence-corrected chi connectivity index (χ0v) is 19.0. The Kier molecular flexibility index (Phi) is 7.77. The van der Waals surface area contributed by atoms with Crippen molar-refractivity contribution >= 4 is 16.0 Å². The van der Waals surface area contributed by atoms with Crippen LogP contribution in [-0.4, -0.2) is 90.1 Å². The van der Waals surface area contributed by atoms with Gasteiger partial charge in [0.15, 0.2) is 0 Å². The number of hydrogen-bond donors (Lipinski definition) is 1. The van der Waals surface area contributed by atoms with Crippen LogP contribution in [0.4, 0.5) is 13.2 Å². The van der Waals surface area contributed by atoms with Crippen LogP contribution in [0.15, 0.2) is 4.90 Å². The molecule has 3 atom stereocenters. The second-order valence-corrected chi connectivity index (χ2v) is 9.52. The lowest BCUT2D eigenvalue weighted by molar-refractivity contribution is -0.192. The number of fused-ring (bicyclic) bond motifs is 1. The van der Waals surface area contributed by atoms with Crippen molar-refractivity contribution < 1.29 is 36.2 Å². The maximum atomic E-state index is 13.4. The van der Waals surface area contributed by atoms with Gasteiger partial charge in [0.1, 0.15) is 4.90 Å². The standard InChI is InChI=1S/C16H28N4O3S.C2HF3O2/c1-6-19-9-13-14(10-19)20(8-7-15(13)23-5)24(21,22)16-11(2)17-18(4)12(16)3;3-2(4,5)1(6)7/h13-15H,6-10H2,1-5H3;(H,6,7)/t13-,14+,15+;/m0./s1. The Morgan fingerprint density at radius 2 is 1.87 bits per heavy atom. The van der Waals surface area contributed by atoms with E-state index in [-0.39, 0.29) is 18.1 Å². The van der Waals surface area contributed by atoms with E-state index in [1.165, 1.54) is 0 Å². The fourth-order valence-corrected chi connectivity index (χ4v) is 6.37. The highest BCUT2D eigenvalue weighted by Crippen LogP contribution is 2.36. The summed E-state index contributed by atoms with van der Waals surface area (Å²) in [6.07, 6.45) is -4.21. The number of aliphatic carboxylic acids is 1. The number of aromatic nitrogens is 2. The van der Waals surface area contributed by atoms with Gasteiger partial charge >= 0.3 is 12.1 Å². The van der Waals surface area contributed by atoms with Crippen molar-refractivity contribution in [3.8, 4) is 0 Å². The van der Waals surface area contributed by atoms with Crippen molar-refractivity contribution in [3.63, 3.8) is 0 Å². The van der Waals surface area contributed by atoms with E-state index >= 15 is 0 Å². The number of alkyl halides is 3. The first-order valence-corrected chi connectivity index (χ1v) is 11.3. The molecule has 2 fully saturated rings. The van der Waals surface area contributed by atoms with E-state index in [4.69, 9.17) is 14.6 Å². The second-order valence-electron chi connectivity index (χ2n) is 7.69. The molecule has 1 aromatic rings. The minimum Gasteiger partial charge on any atom is -0.475 e. The molecule has 13 heteroatoms. The zero-order chi connectivity index (χ0) is 23.7. The maximum absolute atomic E-state index is 13.4. The molecule has 0 amide bonds. The van der Waals surface area contributed by atoms with Crippen LogP contribution in [0.3, 0.4) is 0 Å². The molecular weight excluding hydrogens is 441 g/mol. The Morgan fingerprint density at radius 1 is 1.29 bits per heavy atom. The number of aryl methyl sites for hydroxylation is 2. The number of likely N-dealkylation sites (N-methyl/N-ethyl adjacent to an activating group) is 1. The number of methoxy groups -OCH3 is 1. The number of rotatable bonds is 4. The van der Waals surface area contributed by atoms with Crippen LogP contribution in [0.5, 0.6) is 0 Å². The highest BCUT2D eigenvalue weighted by Gasteiger charge is 2.49. The van der Waals surface area contributed by atoms with E-state index in [9.17, 15) is 21.6 Å². The van der Waals surface area contributed by atoms with Gasteiger partial charge in [-0.3, -0.25) is 4.68 Å². The lowest BCUT2D eigenvalue weighted by Gasteiger charge is -2.40. The maximum Gasteiger partial charge on any atom is 0.490 e. The van der Waals surface area contributed by atoms with Crippen molar-refractivity contribution in [2.45, 2.75) is 50.4 Å². The summed E-state index contributed by atoms with van der Waals surface area (Å²) in [5.74, 6) is -2.52. The summed E-state index contributed by atoms with van der Waals surface area (Å²) in [7, 11) is -0.0328. The smallest absolute Gasteiger partial charge is 0.475 e. The van der Waals surface area contributed by atoms with Crippen LogP contribution in [0, 0.1) is 19.8 Å². The van der Waals surface area contributed by atoms with Crippen molar-refractivity contribution in [2.75, 3.05) is 33.3 Å². The van der Waals surface area contributed by atoms with Gasteiger partial charge in [-0.05, 0) is 26.8 Å². The Hall–Kier alpha value is -1.70. The number of carboxylic acids is 1. The molecular formula is C18H29F3N4O5S. The van der Waals surface area contributed by atoms with Crippen molar-refractivity contribution in [3.05, 3.63) is 11.4 Å². The molecule has 0 saturated carbocycles. The van der Waals surface area contributed by atoms with E-state index in [1.807, 2.05) is 6.92 Å². The van der Waals surface area contributed by atoms with E-state index in [2.05, 4.69) is 16.9 Å². The number of hydrogen-bond acceptors (Lipinski definition) is 6. The first kappa shape index (κ1) is 25.6. The summed E-state index contributed by atoms with van der Waals surface area (Å²) in [6, 6.07) is -0.0207. The van der Waals surface area contributed by atoms with Gasteiger partial charge in [0, 0.05) is 45.8 Å². The molecule has 0 aromatic carbocycles. The van der Waals surface area contributed by atoms with Crippen LogP contribution in [0.2, 0.25) is 0 Å². The third kappa shape index (κ3) is 5.21. The minimum atomic E-state index is -5.08. The van der Waals surface area contributed by atoms with Gasteiger partial charge in [0.25, 0.3) is 0 Å². The number of piperidine rings is 1. The van der Waals surface area contributed by atoms with Gasteiger partial charge in [0.05, 0.1) is 17.5 Å². The average molecular weight is 471 g/mol. The molecule has 3 rings (SSSR count). The molecule has 1 aromatic heterocycles. The molecule has 2 aliphatic rings. The molecule has 0 unspecified atom stereocenters. The molecule has 1 N–H and O–H groups in total. The lowest BCUT2D eigenvalue weighted by atomic mass is 9.91. The number of nitrogens with zero attached hydrogens (tertiary/aromatic N) is 4. The summed E-state index contributed by atoms with van der Waals surface area (Å²) < 4.78 is 67.5. The largest absolute Gasteiger partial charge is 0.490 e. The normalized spacial score (nSPS) is 25.1. The van der Waals surface area contributed by atoms with Gasteiger partial charge < -0.3 is 14.7 Å². The molecule has 0 bridgehead atoms. The number of ether oxygens (including phenoxy) is 1. The van der Waals surface area contributed by atoms with Crippen LogP contribution < -0.4 is 0 Å². The van der Waals surface area contributed by atoms with Crippen LogP contribution in [0.25, 0.3) is 0 Å². The average Bonchev–Trinajstić information content (AvgIpc) is 3.21. The Balaban J connectivity index is 0.000000423. The fraction of sp³-hybridized carbons (Fsp3) is 0.778. The SMILES string of the molecule is CCN1C[C@H]2[C@@H](C1)N(S(=O)(=O)c1c(C)nn(C)c1C)CC[C@H]2OC.O=C(O)C(F)(F)F. The van der Waals surface area contributed by atoms with E-state index < -0.39 is 22.2 Å². The Morgan fingerprint density at radius 3 is 2.29 bits per heavy atom. The van der Waals surface area contributed by atoms with Crippen molar-refractivity contribution in [2.24, 2.45) is 13.0 Å². The summed E-state index contributed by atoms with van der Waals surface area (Å²) in [6.45, 7) is 8.82. The third-order valence-corrected chi connectivity index (χ3v) is 8.07. The van der Waals surface area contributed by atoms with E-state index in [0.29, 0.717) is 22.8 Å². The third-order valence-electron chi connectivity index (χ3n) is 5.89. The van der Waals surface area contributed by atoms with Gasteiger partial charge in [0.2, 0.25) is 10.0 Å². The fourth-order valence-electron chi connectivity index (χ4n) is 4.29. The van der Waals surface area contributed by atoms with Crippen molar-refractivity contribution in [1.29, 1.82) is 0 Å². The molecule has 0 spiro atoms. The summed E-state index contributed by atoms with van der Waals surface area (Å²) in [4.78, 5) is 11.6. The highest BCUT2D eigenvalue weighted by atomic mass is 32.2. The quantitative estimate of drug-likeness (QED) is 0.709. The molecule has 9 nitrogen and oxygen atoms in total. The monoisotopic (exact) mass is 470 g/mol. The summed E-state index contributed by atoms with van der Waals surface area (Å²) >= 11 is 0. The van der Waals surface area contributed by atoms with Crippen molar-refractivity contribution in [1.82, 2.24) is 19.0 Å². The van der Waals surface area contributed by atoms with Gasteiger partial charge in [-0.25, -0.2) is 13.2 Å². The second kappa shape index (κ2) is 9.43. The lowest BCUT2D eigenvalue weighted by Crippen LogP contribution is -2.53. The molecule has 2 saturated heterocycles. The van der Waals surface area contributed by atoms with E-state index in [0.717, 1.165) is 26.1 Å². The highest BCUT2D eigenvalue weighted by molar-refractivity contribution is 7.89. The Labute approximate surface area is 179 Å². The topological polar surface area (TPSA) is 105 Å². The zero-order valence-electron chi connectivity index (χ0n) is 18.2. The van der Waals surface area contributed by atoms with Crippen LogP contribution in [0.1, 0.15) is 24.7 Å². The molecule has 31 heavy (non-hydrogen) atoms. The number of halogens is 3. The molecule has 2 aliphatic heterocycles. The Bertz CT molecular complexity index is 903. The van der Waals surface area contributed by atoms with Crippen LogP contribution in [-0.2, 0) is 26.6 Å². The van der Waals surface area contributed by atoms with Gasteiger partial charge in [-0.15, -0.1) is 0 Å². The number of carbonyl (C=O) groups is 1. The summed E-state index contributed by atoms with van der Waals surface area (Å²) in [5, 5.41) is 11.4. The first-order valence-electron chi connectivity index (χ1n) is 9.82. The molecule has 3 heterocycles. The molecule has 0 radical (unpaired) electrons. The first-order chi connectivity index (χ1) is 14.2. The van der Waals surface area contributed by atoms with Crippen LogP contribution >= 0.6 is 0 Å². The molecule has 0 aliphatic carbocycles. The minimum absolute atomic E-state index is 0.0207. The predicted octanol–water partition coefficient (Wildman–Crippen LogP) is 1.40. The van der Waals surface area contributed by atoms with E-state index in [1.54, 1.807) is 30.1 Å². The van der Waals surface area contributed by atoms with Gasteiger partial charge in [-0.2, -0.15) is 22.6 Å².